The van der Waals surface area contributed by atoms with Crippen molar-refractivity contribution < 1.29 is 9.18 Å². The third kappa shape index (κ3) is 3.64. The highest BCUT2D eigenvalue weighted by molar-refractivity contribution is 6.31. The van der Waals surface area contributed by atoms with E-state index in [1.807, 2.05) is 25.1 Å². The number of hydrogen-bond donors (Lipinski definition) is 0. The molecule has 4 rings (SSSR count). The van der Waals surface area contributed by atoms with Crippen LogP contribution in [0, 0.1) is 5.82 Å². The van der Waals surface area contributed by atoms with E-state index < -0.39 is 5.82 Å². The van der Waals surface area contributed by atoms with Crippen molar-refractivity contribution in [3.05, 3.63) is 64.7 Å². The van der Waals surface area contributed by atoms with Gasteiger partial charge in [-0.2, -0.15) is 0 Å². The molecule has 5 nitrogen and oxygen atoms in total. The standard InChI is InChI=1S/C21H20ClFN4O/c1-2-19-24-18-13-15(22)6-7-17(18)20(25-19)26-8-10-27(11-9-26)21(28)14-4-3-5-16(23)12-14/h3-7,12-13H,2,8-11H2,1H3. The van der Waals surface area contributed by atoms with E-state index in [1.54, 1.807) is 17.0 Å². The van der Waals surface area contributed by atoms with E-state index in [9.17, 15) is 9.18 Å². The normalized spacial score (nSPS) is 14.5. The van der Waals surface area contributed by atoms with Crippen LogP contribution in [0.5, 0.6) is 0 Å². The molecule has 1 saturated heterocycles. The van der Waals surface area contributed by atoms with Crippen LogP contribution in [0.25, 0.3) is 10.9 Å². The smallest absolute Gasteiger partial charge is 0.254 e. The summed E-state index contributed by atoms with van der Waals surface area (Å²) in [6, 6.07) is 11.5. The molecule has 144 valence electrons. The SMILES string of the molecule is CCc1nc(N2CCN(C(=O)c3cccc(F)c3)CC2)c2ccc(Cl)cc2n1. The molecule has 0 atom stereocenters. The Balaban J connectivity index is 1.56. The van der Waals surface area contributed by atoms with E-state index in [2.05, 4.69) is 9.88 Å². The zero-order valence-electron chi connectivity index (χ0n) is 15.5. The third-order valence-corrected chi connectivity index (χ3v) is 5.17. The molecule has 0 saturated carbocycles. The van der Waals surface area contributed by atoms with Gasteiger partial charge in [0.25, 0.3) is 5.91 Å². The molecule has 0 spiro atoms. The minimum absolute atomic E-state index is 0.146. The van der Waals surface area contributed by atoms with Gasteiger partial charge < -0.3 is 9.80 Å². The van der Waals surface area contributed by atoms with Crippen molar-refractivity contribution in [1.82, 2.24) is 14.9 Å². The Labute approximate surface area is 167 Å². The molecule has 1 aromatic heterocycles. The monoisotopic (exact) mass is 398 g/mol. The molecule has 0 aliphatic carbocycles. The number of anilines is 1. The number of hydrogen-bond acceptors (Lipinski definition) is 4. The van der Waals surface area contributed by atoms with E-state index in [0.29, 0.717) is 36.8 Å². The maximum absolute atomic E-state index is 13.4. The van der Waals surface area contributed by atoms with Gasteiger partial charge in [0.1, 0.15) is 17.5 Å². The van der Waals surface area contributed by atoms with E-state index >= 15 is 0 Å². The highest BCUT2D eigenvalue weighted by atomic mass is 35.5. The zero-order valence-corrected chi connectivity index (χ0v) is 16.3. The predicted octanol–water partition coefficient (Wildman–Crippen LogP) is 3.95. The fourth-order valence-electron chi connectivity index (χ4n) is 3.46. The maximum atomic E-state index is 13.4. The van der Waals surface area contributed by atoms with Gasteiger partial charge in [-0.3, -0.25) is 4.79 Å². The van der Waals surface area contributed by atoms with Crippen LogP contribution >= 0.6 is 11.6 Å². The lowest BCUT2D eigenvalue weighted by Crippen LogP contribution is -2.49. The summed E-state index contributed by atoms with van der Waals surface area (Å²) in [5.41, 5.74) is 1.21. The van der Waals surface area contributed by atoms with Crippen LogP contribution in [0.3, 0.4) is 0 Å². The average molecular weight is 399 g/mol. The van der Waals surface area contributed by atoms with E-state index in [0.717, 1.165) is 29.0 Å². The number of aromatic nitrogens is 2. The molecule has 2 aromatic carbocycles. The van der Waals surface area contributed by atoms with Crippen LogP contribution in [-0.2, 0) is 6.42 Å². The molecule has 28 heavy (non-hydrogen) atoms. The van der Waals surface area contributed by atoms with Crippen LogP contribution in [0.4, 0.5) is 10.2 Å². The number of aryl methyl sites for hydroxylation is 1. The maximum Gasteiger partial charge on any atom is 0.254 e. The number of rotatable bonds is 3. The Hall–Kier alpha value is -2.73. The summed E-state index contributed by atoms with van der Waals surface area (Å²) in [7, 11) is 0. The molecular formula is C21H20ClFN4O. The number of piperazine rings is 1. The molecule has 0 N–H and O–H groups in total. The van der Waals surface area contributed by atoms with Gasteiger partial charge in [0.05, 0.1) is 5.52 Å². The number of fused-ring (bicyclic) bond motifs is 1. The summed E-state index contributed by atoms with van der Waals surface area (Å²) >= 11 is 6.13. The summed E-state index contributed by atoms with van der Waals surface area (Å²) in [4.78, 5) is 25.9. The van der Waals surface area contributed by atoms with Gasteiger partial charge in [-0.25, -0.2) is 14.4 Å². The minimum Gasteiger partial charge on any atom is -0.352 e. The third-order valence-electron chi connectivity index (χ3n) is 4.94. The molecule has 0 bridgehead atoms. The van der Waals surface area contributed by atoms with Crippen molar-refractivity contribution in [2.45, 2.75) is 13.3 Å². The Morgan fingerprint density at radius 1 is 1.11 bits per heavy atom. The number of nitrogens with zero attached hydrogens (tertiary/aromatic N) is 4. The van der Waals surface area contributed by atoms with Gasteiger partial charge in [0.2, 0.25) is 0 Å². The number of carbonyl (C=O) groups excluding carboxylic acids is 1. The second-order valence-corrected chi connectivity index (χ2v) is 7.20. The van der Waals surface area contributed by atoms with Crippen molar-refractivity contribution in [2.75, 3.05) is 31.1 Å². The van der Waals surface area contributed by atoms with Gasteiger partial charge in [-0.15, -0.1) is 0 Å². The predicted molar refractivity (Wildman–Crippen MR) is 108 cm³/mol. The molecule has 1 aliphatic rings. The first kappa shape index (κ1) is 18.6. The first-order valence-electron chi connectivity index (χ1n) is 9.31. The topological polar surface area (TPSA) is 49.3 Å². The van der Waals surface area contributed by atoms with Crippen molar-refractivity contribution in [2.24, 2.45) is 0 Å². The van der Waals surface area contributed by atoms with Crippen LogP contribution in [0.1, 0.15) is 23.1 Å². The van der Waals surface area contributed by atoms with Crippen molar-refractivity contribution in [3.63, 3.8) is 0 Å². The lowest BCUT2D eigenvalue weighted by molar-refractivity contribution is 0.0746. The number of carbonyl (C=O) groups is 1. The summed E-state index contributed by atoms with van der Waals surface area (Å²) in [5.74, 6) is 1.09. The van der Waals surface area contributed by atoms with E-state index in [-0.39, 0.29) is 5.91 Å². The molecule has 1 aliphatic heterocycles. The van der Waals surface area contributed by atoms with E-state index in [1.165, 1.54) is 12.1 Å². The first-order valence-corrected chi connectivity index (χ1v) is 9.69. The molecule has 1 fully saturated rings. The average Bonchev–Trinajstić information content (AvgIpc) is 2.72. The Kier molecular flexibility index (Phi) is 5.13. The lowest BCUT2D eigenvalue weighted by atomic mass is 10.1. The van der Waals surface area contributed by atoms with Crippen molar-refractivity contribution in [1.29, 1.82) is 0 Å². The second kappa shape index (κ2) is 7.72. The number of amides is 1. The summed E-state index contributed by atoms with van der Waals surface area (Å²) in [6.45, 7) is 4.43. The highest BCUT2D eigenvalue weighted by Crippen LogP contribution is 2.27. The van der Waals surface area contributed by atoms with Gasteiger partial charge in [-0.1, -0.05) is 24.6 Å². The summed E-state index contributed by atoms with van der Waals surface area (Å²) in [6.07, 6.45) is 0.730. The Morgan fingerprint density at radius 3 is 2.61 bits per heavy atom. The van der Waals surface area contributed by atoms with Crippen LogP contribution in [0.2, 0.25) is 5.02 Å². The van der Waals surface area contributed by atoms with Crippen molar-refractivity contribution in [3.8, 4) is 0 Å². The largest absolute Gasteiger partial charge is 0.352 e. The first-order chi connectivity index (χ1) is 13.5. The second-order valence-electron chi connectivity index (χ2n) is 6.77. The van der Waals surface area contributed by atoms with Crippen LogP contribution in [0.15, 0.2) is 42.5 Å². The van der Waals surface area contributed by atoms with Crippen molar-refractivity contribution >= 4 is 34.2 Å². The molecule has 0 radical (unpaired) electrons. The Bertz CT molecular complexity index is 1030. The highest BCUT2D eigenvalue weighted by Gasteiger charge is 2.24. The number of halogens is 2. The minimum atomic E-state index is -0.400. The quantitative estimate of drug-likeness (QED) is 0.670. The Morgan fingerprint density at radius 2 is 1.89 bits per heavy atom. The van der Waals surface area contributed by atoms with Gasteiger partial charge in [0, 0.05) is 48.6 Å². The fraction of sp³-hybridized carbons (Fsp3) is 0.286. The summed E-state index contributed by atoms with van der Waals surface area (Å²) in [5, 5.41) is 1.59. The molecule has 0 unspecified atom stereocenters. The van der Waals surface area contributed by atoms with Crippen LogP contribution in [-0.4, -0.2) is 47.0 Å². The van der Waals surface area contributed by atoms with Gasteiger partial charge >= 0.3 is 0 Å². The van der Waals surface area contributed by atoms with Crippen LogP contribution < -0.4 is 4.90 Å². The molecule has 3 aromatic rings. The van der Waals surface area contributed by atoms with Gasteiger partial charge in [0.15, 0.2) is 0 Å². The zero-order chi connectivity index (χ0) is 19.7. The lowest BCUT2D eigenvalue weighted by Gasteiger charge is -2.36. The van der Waals surface area contributed by atoms with E-state index in [4.69, 9.17) is 16.6 Å². The molecular weight excluding hydrogens is 379 g/mol. The van der Waals surface area contributed by atoms with Gasteiger partial charge in [-0.05, 0) is 36.4 Å². The fourth-order valence-corrected chi connectivity index (χ4v) is 3.62. The molecule has 1 amide bonds. The molecule has 2 heterocycles. The summed E-state index contributed by atoms with van der Waals surface area (Å²) < 4.78 is 13.4. The molecule has 7 heteroatoms. The number of benzene rings is 2.